The summed E-state index contributed by atoms with van der Waals surface area (Å²) in [6.07, 6.45) is 4.16. The van der Waals surface area contributed by atoms with Gasteiger partial charge in [0.25, 0.3) is 0 Å². The molecule has 1 atom stereocenters. The van der Waals surface area contributed by atoms with Crippen LogP contribution in [-0.4, -0.2) is 56.1 Å². The standard InChI is InChI=1S/C20H32N2O2/c1-17-7-4-5-9-19(17)16-22(13-14-24-3)20(23)11-10-18-8-6-12-21(2)15-18/h4-5,7,9,18H,6,8,10-16H2,1-3H3. The van der Waals surface area contributed by atoms with Gasteiger partial charge in [-0.1, -0.05) is 24.3 Å². The lowest BCUT2D eigenvalue weighted by atomic mass is 9.93. The predicted molar refractivity (Wildman–Crippen MR) is 97.9 cm³/mol. The number of hydrogen-bond acceptors (Lipinski definition) is 3. The number of benzene rings is 1. The lowest BCUT2D eigenvalue weighted by Gasteiger charge is -2.30. The minimum absolute atomic E-state index is 0.253. The highest BCUT2D eigenvalue weighted by atomic mass is 16.5. The van der Waals surface area contributed by atoms with E-state index in [1.54, 1.807) is 7.11 Å². The van der Waals surface area contributed by atoms with Gasteiger partial charge in [-0.25, -0.2) is 0 Å². The second-order valence-corrected chi connectivity index (χ2v) is 7.04. The normalized spacial score (nSPS) is 18.5. The number of carbonyl (C=O) groups excluding carboxylic acids is 1. The number of nitrogens with zero attached hydrogens (tertiary/aromatic N) is 2. The number of likely N-dealkylation sites (tertiary alicyclic amines) is 1. The van der Waals surface area contributed by atoms with Gasteiger partial charge in [0.2, 0.25) is 5.91 Å². The summed E-state index contributed by atoms with van der Waals surface area (Å²) in [5, 5.41) is 0. The van der Waals surface area contributed by atoms with Crippen molar-refractivity contribution in [1.29, 1.82) is 0 Å². The summed E-state index contributed by atoms with van der Waals surface area (Å²) in [5.74, 6) is 0.916. The first-order valence-corrected chi connectivity index (χ1v) is 9.10. The van der Waals surface area contributed by atoms with Gasteiger partial charge in [-0.15, -0.1) is 0 Å². The zero-order valence-electron chi connectivity index (χ0n) is 15.5. The van der Waals surface area contributed by atoms with Crippen molar-refractivity contribution in [3.8, 4) is 0 Å². The van der Waals surface area contributed by atoms with Crippen molar-refractivity contribution in [2.45, 2.75) is 39.2 Å². The quantitative estimate of drug-likeness (QED) is 0.733. The molecule has 24 heavy (non-hydrogen) atoms. The lowest BCUT2D eigenvalue weighted by molar-refractivity contribution is -0.132. The molecule has 4 nitrogen and oxygen atoms in total. The van der Waals surface area contributed by atoms with Crippen molar-refractivity contribution in [2.75, 3.05) is 40.4 Å². The third-order valence-corrected chi connectivity index (χ3v) is 5.03. The number of methoxy groups -OCH3 is 1. The Balaban J connectivity index is 1.91. The maximum Gasteiger partial charge on any atom is 0.222 e. The average Bonchev–Trinajstić information content (AvgIpc) is 2.58. The Morgan fingerprint density at radius 1 is 1.38 bits per heavy atom. The molecule has 0 aliphatic carbocycles. The van der Waals surface area contributed by atoms with Crippen molar-refractivity contribution in [3.05, 3.63) is 35.4 Å². The molecule has 0 spiro atoms. The number of hydrogen-bond donors (Lipinski definition) is 0. The fourth-order valence-electron chi connectivity index (χ4n) is 3.48. The summed E-state index contributed by atoms with van der Waals surface area (Å²) < 4.78 is 5.20. The highest BCUT2D eigenvalue weighted by Crippen LogP contribution is 2.21. The monoisotopic (exact) mass is 332 g/mol. The SMILES string of the molecule is COCCN(Cc1ccccc1C)C(=O)CCC1CCCN(C)C1. The molecule has 1 aromatic rings. The molecule has 1 fully saturated rings. The first kappa shape index (κ1) is 18.9. The number of amides is 1. The Labute approximate surface area is 146 Å². The second kappa shape index (κ2) is 9.80. The predicted octanol–water partition coefficient (Wildman–Crippen LogP) is 3.09. The zero-order valence-corrected chi connectivity index (χ0v) is 15.5. The molecular weight excluding hydrogens is 300 g/mol. The summed E-state index contributed by atoms with van der Waals surface area (Å²) in [4.78, 5) is 17.1. The molecular formula is C20H32N2O2. The largest absolute Gasteiger partial charge is 0.383 e. The molecule has 0 N–H and O–H groups in total. The van der Waals surface area contributed by atoms with Crippen LogP contribution in [0.15, 0.2) is 24.3 Å². The van der Waals surface area contributed by atoms with E-state index in [9.17, 15) is 4.79 Å². The zero-order chi connectivity index (χ0) is 17.4. The molecule has 0 saturated carbocycles. The van der Waals surface area contributed by atoms with E-state index in [1.165, 1.54) is 30.5 Å². The number of ether oxygens (including phenoxy) is 1. The maximum absolute atomic E-state index is 12.7. The van der Waals surface area contributed by atoms with Gasteiger partial charge in [0, 0.05) is 33.2 Å². The van der Waals surface area contributed by atoms with Gasteiger partial charge in [0.15, 0.2) is 0 Å². The topological polar surface area (TPSA) is 32.8 Å². The Hall–Kier alpha value is -1.39. The van der Waals surface area contributed by atoms with E-state index < -0.39 is 0 Å². The van der Waals surface area contributed by atoms with E-state index in [0.717, 1.165) is 13.0 Å². The van der Waals surface area contributed by atoms with Gasteiger partial charge in [0.1, 0.15) is 0 Å². The van der Waals surface area contributed by atoms with Gasteiger partial charge < -0.3 is 14.5 Å². The fourth-order valence-corrected chi connectivity index (χ4v) is 3.48. The van der Waals surface area contributed by atoms with Crippen LogP contribution in [0.4, 0.5) is 0 Å². The van der Waals surface area contributed by atoms with Crippen molar-refractivity contribution >= 4 is 5.91 Å². The van der Waals surface area contributed by atoms with Gasteiger partial charge in [0.05, 0.1) is 6.61 Å². The highest BCUT2D eigenvalue weighted by Gasteiger charge is 2.20. The van der Waals surface area contributed by atoms with E-state index in [0.29, 0.717) is 32.0 Å². The van der Waals surface area contributed by atoms with Crippen LogP contribution in [0.25, 0.3) is 0 Å². The average molecular weight is 332 g/mol. The van der Waals surface area contributed by atoms with E-state index in [2.05, 4.69) is 31.0 Å². The number of rotatable bonds is 8. The van der Waals surface area contributed by atoms with E-state index in [1.807, 2.05) is 17.0 Å². The van der Waals surface area contributed by atoms with Gasteiger partial charge in [-0.05, 0) is 56.8 Å². The number of piperidine rings is 1. The molecule has 4 heteroatoms. The summed E-state index contributed by atoms with van der Waals surface area (Å²) in [7, 11) is 3.87. The molecule has 1 unspecified atom stereocenters. The molecule has 1 heterocycles. The first-order valence-electron chi connectivity index (χ1n) is 9.10. The van der Waals surface area contributed by atoms with Gasteiger partial charge >= 0.3 is 0 Å². The summed E-state index contributed by atoms with van der Waals surface area (Å²) in [5.41, 5.74) is 2.46. The molecule has 1 aromatic carbocycles. The smallest absolute Gasteiger partial charge is 0.222 e. The Morgan fingerprint density at radius 3 is 2.88 bits per heavy atom. The van der Waals surface area contributed by atoms with E-state index in [4.69, 9.17) is 4.74 Å². The Kier molecular flexibility index (Phi) is 7.73. The minimum Gasteiger partial charge on any atom is -0.383 e. The molecule has 134 valence electrons. The molecule has 0 radical (unpaired) electrons. The Morgan fingerprint density at radius 2 is 2.17 bits per heavy atom. The van der Waals surface area contributed by atoms with Crippen molar-refractivity contribution in [3.63, 3.8) is 0 Å². The van der Waals surface area contributed by atoms with Crippen LogP contribution >= 0.6 is 0 Å². The van der Waals surface area contributed by atoms with Crippen molar-refractivity contribution < 1.29 is 9.53 Å². The minimum atomic E-state index is 0.253. The van der Waals surface area contributed by atoms with Crippen molar-refractivity contribution in [2.24, 2.45) is 5.92 Å². The number of aryl methyl sites for hydroxylation is 1. The molecule has 1 aliphatic rings. The van der Waals surface area contributed by atoms with E-state index in [-0.39, 0.29) is 5.91 Å². The lowest BCUT2D eigenvalue weighted by Crippen LogP contribution is -2.35. The summed E-state index contributed by atoms with van der Waals surface area (Å²) >= 11 is 0. The van der Waals surface area contributed by atoms with Gasteiger partial charge in [-0.3, -0.25) is 4.79 Å². The van der Waals surface area contributed by atoms with Crippen LogP contribution < -0.4 is 0 Å². The molecule has 1 amide bonds. The van der Waals surface area contributed by atoms with Crippen LogP contribution in [0.1, 0.15) is 36.8 Å². The van der Waals surface area contributed by atoms with Gasteiger partial charge in [-0.2, -0.15) is 0 Å². The van der Waals surface area contributed by atoms with Crippen LogP contribution in [0.2, 0.25) is 0 Å². The third kappa shape index (κ3) is 5.91. The van der Waals surface area contributed by atoms with Crippen LogP contribution in [-0.2, 0) is 16.1 Å². The highest BCUT2D eigenvalue weighted by molar-refractivity contribution is 5.76. The third-order valence-electron chi connectivity index (χ3n) is 5.03. The first-order chi connectivity index (χ1) is 11.6. The van der Waals surface area contributed by atoms with E-state index >= 15 is 0 Å². The van der Waals surface area contributed by atoms with Crippen molar-refractivity contribution in [1.82, 2.24) is 9.80 Å². The van der Waals surface area contributed by atoms with Crippen LogP contribution in [0.5, 0.6) is 0 Å². The molecule has 1 saturated heterocycles. The summed E-state index contributed by atoms with van der Waals surface area (Å²) in [6.45, 7) is 6.35. The van der Waals surface area contributed by atoms with Crippen LogP contribution in [0, 0.1) is 12.8 Å². The molecule has 1 aliphatic heterocycles. The molecule has 0 aromatic heterocycles. The molecule has 0 bridgehead atoms. The second-order valence-electron chi connectivity index (χ2n) is 7.04. The molecule has 2 rings (SSSR count). The maximum atomic E-state index is 12.7. The van der Waals surface area contributed by atoms with Crippen LogP contribution in [0.3, 0.4) is 0 Å². The number of carbonyl (C=O) groups is 1. The Bertz CT molecular complexity index is 518. The fraction of sp³-hybridized carbons (Fsp3) is 0.650. The summed E-state index contributed by atoms with van der Waals surface area (Å²) in [6, 6.07) is 8.30.